The van der Waals surface area contributed by atoms with Crippen molar-refractivity contribution in [1.82, 2.24) is 14.6 Å². The molecule has 0 bridgehead atoms. The van der Waals surface area contributed by atoms with E-state index < -0.39 is 10.0 Å². The number of anilines is 2. The maximum absolute atomic E-state index is 12.5. The zero-order valence-corrected chi connectivity index (χ0v) is 13.8. The molecule has 0 radical (unpaired) electrons. The Labute approximate surface area is 138 Å². The van der Waals surface area contributed by atoms with Gasteiger partial charge in [-0.3, -0.25) is 9.52 Å². The summed E-state index contributed by atoms with van der Waals surface area (Å²) >= 11 is 0. The average Bonchev–Trinajstić information content (AvgIpc) is 2.83. The summed E-state index contributed by atoms with van der Waals surface area (Å²) in [6.45, 7) is 1.74. The molecule has 0 saturated carbocycles. The third-order valence-corrected chi connectivity index (χ3v) is 3.85. The molecule has 3 rings (SSSR count). The molecule has 2 heterocycles. The van der Waals surface area contributed by atoms with Gasteiger partial charge in [0.2, 0.25) is 10.0 Å². The lowest BCUT2D eigenvalue weighted by atomic mass is 10.2. The monoisotopic (exact) mass is 345 g/mol. The first-order valence-corrected chi connectivity index (χ1v) is 8.92. The molecule has 0 aliphatic rings. The Kier molecular flexibility index (Phi) is 3.94. The lowest BCUT2D eigenvalue weighted by Gasteiger charge is -2.07. The number of hydrogen-bond acceptors (Lipinski definition) is 5. The molecule has 1 amide bonds. The van der Waals surface area contributed by atoms with Gasteiger partial charge in [0.15, 0.2) is 5.65 Å². The topological polar surface area (TPSA) is 105 Å². The molecule has 24 heavy (non-hydrogen) atoms. The largest absolute Gasteiger partial charge is 0.322 e. The van der Waals surface area contributed by atoms with E-state index in [1.165, 1.54) is 0 Å². The zero-order chi connectivity index (χ0) is 17.3. The SMILES string of the molecule is Cc1nn2cccnc2c1C(=O)Nc1ccc(NS(C)(=O)=O)cc1. The second kappa shape index (κ2) is 5.93. The summed E-state index contributed by atoms with van der Waals surface area (Å²) in [5, 5.41) is 7.00. The molecule has 0 aliphatic carbocycles. The fraction of sp³-hybridized carbons (Fsp3) is 0.133. The normalized spacial score (nSPS) is 11.4. The number of hydrogen-bond donors (Lipinski definition) is 2. The van der Waals surface area contributed by atoms with Crippen LogP contribution in [-0.4, -0.2) is 35.2 Å². The first kappa shape index (κ1) is 15.9. The van der Waals surface area contributed by atoms with E-state index in [0.717, 1.165) is 6.26 Å². The molecule has 0 unspecified atom stereocenters. The van der Waals surface area contributed by atoms with E-state index in [2.05, 4.69) is 20.1 Å². The number of sulfonamides is 1. The zero-order valence-electron chi connectivity index (χ0n) is 13.0. The van der Waals surface area contributed by atoms with Gasteiger partial charge in [-0.25, -0.2) is 17.9 Å². The van der Waals surface area contributed by atoms with E-state index in [4.69, 9.17) is 0 Å². The van der Waals surface area contributed by atoms with Crippen molar-refractivity contribution >= 4 is 33.0 Å². The lowest BCUT2D eigenvalue weighted by molar-refractivity contribution is 0.102. The van der Waals surface area contributed by atoms with Gasteiger partial charge in [-0.1, -0.05) is 0 Å². The summed E-state index contributed by atoms with van der Waals surface area (Å²) in [5.74, 6) is -0.329. The number of carbonyl (C=O) groups excluding carboxylic acids is 1. The van der Waals surface area contributed by atoms with Gasteiger partial charge in [-0.05, 0) is 37.3 Å². The Morgan fingerprint density at radius 1 is 1.17 bits per heavy atom. The van der Waals surface area contributed by atoms with Crippen molar-refractivity contribution in [3.63, 3.8) is 0 Å². The lowest BCUT2D eigenvalue weighted by Crippen LogP contribution is -2.13. The average molecular weight is 345 g/mol. The quantitative estimate of drug-likeness (QED) is 0.748. The van der Waals surface area contributed by atoms with E-state index in [9.17, 15) is 13.2 Å². The van der Waals surface area contributed by atoms with Crippen LogP contribution in [0, 0.1) is 6.92 Å². The van der Waals surface area contributed by atoms with Crippen LogP contribution in [0.25, 0.3) is 5.65 Å². The van der Waals surface area contributed by atoms with E-state index in [-0.39, 0.29) is 5.91 Å². The van der Waals surface area contributed by atoms with Crippen LogP contribution in [0.3, 0.4) is 0 Å². The molecular formula is C15H15N5O3S. The van der Waals surface area contributed by atoms with Crippen LogP contribution in [0.5, 0.6) is 0 Å². The number of rotatable bonds is 4. The van der Waals surface area contributed by atoms with E-state index in [1.807, 2.05) is 0 Å². The molecule has 0 fully saturated rings. The van der Waals surface area contributed by atoms with Crippen LogP contribution < -0.4 is 10.0 Å². The van der Waals surface area contributed by atoms with Crippen molar-refractivity contribution in [2.24, 2.45) is 0 Å². The van der Waals surface area contributed by atoms with Gasteiger partial charge >= 0.3 is 0 Å². The highest BCUT2D eigenvalue weighted by molar-refractivity contribution is 7.92. The molecule has 0 spiro atoms. The van der Waals surface area contributed by atoms with Gasteiger partial charge in [-0.2, -0.15) is 5.10 Å². The van der Waals surface area contributed by atoms with Crippen LogP contribution in [0.4, 0.5) is 11.4 Å². The highest BCUT2D eigenvalue weighted by Gasteiger charge is 2.18. The Morgan fingerprint density at radius 2 is 1.83 bits per heavy atom. The number of nitrogens with one attached hydrogen (secondary N) is 2. The van der Waals surface area contributed by atoms with Crippen molar-refractivity contribution in [3.05, 3.63) is 54.0 Å². The number of carbonyl (C=O) groups is 1. The summed E-state index contributed by atoms with van der Waals surface area (Å²) in [4.78, 5) is 16.7. The standard InChI is InChI=1S/C15H15N5O3S/c1-10-13(14-16-8-3-9-20(14)18-10)15(21)17-11-4-6-12(7-5-11)19-24(2,22)23/h3-9,19H,1-2H3,(H,17,21). The molecule has 0 atom stereocenters. The van der Waals surface area contributed by atoms with E-state index >= 15 is 0 Å². The summed E-state index contributed by atoms with van der Waals surface area (Å²) in [7, 11) is -3.34. The predicted octanol–water partition coefficient (Wildman–Crippen LogP) is 1.66. The Bertz CT molecular complexity index is 1010. The molecular weight excluding hydrogens is 330 g/mol. The number of benzene rings is 1. The third-order valence-electron chi connectivity index (χ3n) is 3.24. The third kappa shape index (κ3) is 3.35. The minimum Gasteiger partial charge on any atom is -0.322 e. The van der Waals surface area contributed by atoms with Crippen molar-refractivity contribution in [1.29, 1.82) is 0 Å². The number of nitrogens with zero attached hydrogens (tertiary/aromatic N) is 3. The number of aromatic nitrogens is 3. The highest BCUT2D eigenvalue weighted by atomic mass is 32.2. The van der Waals surface area contributed by atoms with Crippen molar-refractivity contribution < 1.29 is 13.2 Å². The van der Waals surface area contributed by atoms with Crippen LogP contribution in [0.1, 0.15) is 16.1 Å². The molecule has 0 aliphatic heterocycles. The Hall–Kier alpha value is -2.94. The minimum absolute atomic E-state index is 0.329. The summed E-state index contributed by atoms with van der Waals surface area (Å²) in [5.41, 5.74) is 2.40. The molecule has 124 valence electrons. The molecule has 2 N–H and O–H groups in total. The van der Waals surface area contributed by atoms with Crippen LogP contribution >= 0.6 is 0 Å². The second-order valence-corrected chi connectivity index (χ2v) is 7.00. The maximum Gasteiger partial charge on any atom is 0.261 e. The van der Waals surface area contributed by atoms with Crippen molar-refractivity contribution in [3.8, 4) is 0 Å². The van der Waals surface area contributed by atoms with Crippen molar-refractivity contribution in [2.45, 2.75) is 6.92 Å². The van der Waals surface area contributed by atoms with Crippen LogP contribution in [-0.2, 0) is 10.0 Å². The highest BCUT2D eigenvalue weighted by Crippen LogP contribution is 2.18. The van der Waals surface area contributed by atoms with Gasteiger partial charge in [-0.15, -0.1) is 0 Å². The van der Waals surface area contributed by atoms with Crippen LogP contribution in [0.15, 0.2) is 42.7 Å². The van der Waals surface area contributed by atoms with Crippen LogP contribution in [0.2, 0.25) is 0 Å². The molecule has 9 heteroatoms. The maximum atomic E-state index is 12.5. The van der Waals surface area contributed by atoms with Gasteiger partial charge in [0.1, 0.15) is 5.56 Å². The van der Waals surface area contributed by atoms with Crippen molar-refractivity contribution in [2.75, 3.05) is 16.3 Å². The first-order chi connectivity index (χ1) is 11.3. The smallest absolute Gasteiger partial charge is 0.261 e. The molecule has 2 aromatic heterocycles. The van der Waals surface area contributed by atoms with Gasteiger partial charge in [0.05, 0.1) is 11.9 Å². The Morgan fingerprint density at radius 3 is 2.50 bits per heavy atom. The van der Waals surface area contributed by atoms with Gasteiger partial charge in [0, 0.05) is 23.8 Å². The molecule has 3 aromatic rings. The number of aryl methyl sites for hydroxylation is 1. The second-order valence-electron chi connectivity index (χ2n) is 5.25. The predicted molar refractivity (Wildman–Crippen MR) is 90.6 cm³/mol. The fourth-order valence-electron chi connectivity index (χ4n) is 2.29. The first-order valence-electron chi connectivity index (χ1n) is 7.03. The fourth-order valence-corrected chi connectivity index (χ4v) is 2.86. The van der Waals surface area contributed by atoms with Gasteiger partial charge in [0.25, 0.3) is 5.91 Å². The minimum atomic E-state index is -3.34. The van der Waals surface area contributed by atoms with E-state index in [0.29, 0.717) is 28.3 Å². The summed E-state index contributed by atoms with van der Waals surface area (Å²) in [6.07, 6.45) is 4.39. The molecule has 1 aromatic carbocycles. The van der Waals surface area contributed by atoms with Gasteiger partial charge < -0.3 is 5.32 Å². The molecule has 8 nitrogen and oxygen atoms in total. The van der Waals surface area contributed by atoms with E-state index in [1.54, 1.807) is 54.2 Å². The molecule has 0 saturated heterocycles. The summed E-state index contributed by atoms with van der Waals surface area (Å²) < 4.78 is 26.3. The summed E-state index contributed by atoms with van der Waals surface area (Å²) in [6, 6.07) is 8.09. The number of fused-ring (bicyclic) bond motifs is 1. The Balaban J connectivity index is 1.83. The number of amides is 1.